The average molecular weight is 356 g/mol. The van der Waals surface area contributed by atoms with Crippen molar-refractivity contribution < 1.29 is 14.0 Å². The molecular weight excluding hydrogens is 343 g/mol. The molecule has 1 aliphatic heterocycles. The van der Waals surface area contributed by atoms with Gasteiger partial charge in [-0.3, -0.25) is 14.7 Å². The molecule has 11 heteroatoms. The summed E-state index contributed by atoms with van der Waals surface area (Å²) in [6.07, 6.45) is 1.34. The number of aromatic amines is 1. The zero-order valence-electron chi connectivity index (χ0n) is 13.3. The molecule has 1 fully saturated rings. The molecule has 1 atom stereocenters. The van der Waals surface area contributed by atoms with E-state index in [4.69, 9.17) is 0 Å². The molecule has 4 rings (SSSR count). The summed E-state index contributed by atoms with van der Waals surface area (Å²) < 4.78 is 14.9. The summed E-state index contributed by atoms with van der Waals surface area (Å²) in [5, 5.41) is 20.0. The van der Waals surface area contributed by atoms with Gasteiger partial charge in [0.15, 0.2) is 5.82 Å². The molecule has 2 amide bonds. The van der Waals surface area contributed by atoms with E-state index in [1.807, 2.05) is 0 Å². The maximum absolute atomic E-state index is 13.6. The van der Waals surface area contributed by atoms with Crippen LogP contribution in [-0.4, -0.2) is 60.2 Å². The molecule has 2 N–H and O–H groups in total. The number of hydrogen-bond acceptors (Lipinski definition) is 6. The number of aromatic nitrogens is 6. The number of benzene rings is 1. The van der Waals surface area contributed by atoms with Crippen LogP contribution in [0, 0.1) is 5.82 Å². The fourth-order valence-corrected chi connectivity index (χ4v) is 2.85. The van der Waals surface area contributed by atoms with Gasteiger partial charge >= 0.3 is 0 Å². The Morgan fingerprint density at radius 2 is 2.19 bits per heavy atom. The maximum atomic E-state index is 13.6. The molecule has 1 aliphatic rings. The minimum absolute atomic E-state index is 0.173. The summed E-state index contributed by atoms with van der Waals surface area (Å²) in [4.78, 5) is 26.7. The van der Waals surface area contributed by atoms with E-state index in [9.17, 15) is 14.0 Å². The summed E-state index contributed by atoms with van der Waals surface area (Å²) in [6, 6.07) is 6.19. The zero-order chi connectivity index (χ0) is 18.1. The Hall–Kier alpha value is -3.63. The molecule has 3 heterocycles. The number of amides is 2. The van der Waals surface area contributed by atoms with Crippen molar-refractivity contribution in [1.82, 2.24) is 40.6 Å². The number of carbonyl (C=O) groups excluding carboxylic acids is 2. The fraction of sp³-hybridized carbons (Fsp3) is 0.200. The Bertz CT molecular complexity index is 954. The first kappa shape index (κ1) is 15.9. The van der Waals surface area contributed by atoms with Crippen LogP contribution in [-0.2, 0) is 4.79 Å². The minimum atomic E-state index is -0.924. The number of H-pyrrole nitrogens is 1. The highest BCUT2D eigenvalue weighted by molar-refractivity contribution is 5.97. The van der Waals surface area contributed by atoms with Crippen LogP contribution in [0.2, 0.25) is 0 Å². The van der Waals surface area contributed by atoms with Crippen LogP contribution in [0.4, 0.5) is 4.39 Å². The van der Waals surface area contributed by atoms with E-state index in [1.54, 1.807) is 6.07 Å². The summed E-state index contributed by atoms with van der Waals surface area (Å²) in [6.45, 7) is 0.593. The van der Waals surface area contributed by atoms with Gasteiger partial charge in [-0.15, -0.1) is 5.10 Å². The van der Waals surface area contributed by atoms with Gasteiger partial charge in [-0.25, -0.2) is 4.39 Å². The number of hydrogen-bond donors (Lipinski definition) is 2. The predicted molar refractivity (Wildman–Crippen MR) is 84.5 cm³/mol. The van der Waals surface area contributed by atoms with Crippen molar-refractivity contribution in [3.63, 3.8) is 0 Å². The van der Waals surface area contributed by atoms with Gasteiger partial charge in [0, 0.05) is 19.2 Å². The number of nitrogens with zero attached hydrogens (tertiary/aromatic N) is 6. The largest absolute Gasteiger partial charge is 0.352 e. The standard InChI is InChI=1S/C15H13FN8O2/c16-10-3-1-2-9(6-10)13-14(25)17-4-5-23(13)15(26)11-7-12(20-19-11)24-8-18-21-22-24/h1-3,6-8,13H,4-5H2,(H,17,25)(H,19,20). The van der Waals surface area contributed by atoms with Crippen molar-refractivity contribution in [2.45, 2.75) is 6.04 Å². The molecule has 0 saturated carbocycles. The molecule has 1 aromatic carbocycles. The Kier molecular flexibility index (Phi) is 3.88. The van der Waals surface area contributed by atoms with E-state index in [0.29, 0.717) is 17.9 Å². The third-order valence-electron chi connectivity index (χ3n) is 4.02. The molecule has 1 saturated heterocycles. The smallest absolute Gasteiger partial charge is 0.272 e. The van der Waals surface area contributed by atoms with Crippen LogP contribution in [0.5, 0.6) is 0 Å². The Labute approximate surface area is 146 Å². The third kappa shape index (κ3) is 2.79. The fourth-order valence-electron chi connectivity index (χ4n) is 2.85. The monoisotopic (exact) mass is 356 g/mol. The highest BCUT2D eigenvalue weighted by Crippen LogP contribution is 2.25. The van der Waals surface area contributed by atoms with Crippen molar-refractivity contribution in [3.05, 3.63) is 53.7 Å². The first-order chi connectivity index (χ1) is 12.6. The molecule has 132 valence electrons. The Balaban J connectivity index is 1.66. The summed E-state index contributed by atoms with van der Waals surface area (Å²) in [5.41, 5.74) is 0.572. The molecule has 26 heavy (non-hydrogen) atoms. The minimum Gasteiger partial charge on any atom is -0.352 e. The quantitative estimate of drug-likeness (QED) is 0.672. The lowest BCUT2D eigenvalue weighted by molar-refractivity contribution is -0.128. The lowest BCUT2D eigenvalue weighted by atomic mass is 10.0. The second-order valence-corrected chi connectivity index (χ2v) is 5.64. The van der Waals surface area contributed by atoms with E-state index in [2.05, 4.69) is 31.0 Å². The molecule has 10 nitrogen and oxygen atoms in total. The van der Waals surface area contributed by atoms with E-state index >= 15 is 0 Å². The van der Waals surface area contributed by atoms with Gasteiger partial charge in [0.1, 0.15) is 23.9 Å². The topological polar surface area (TPSA) is 122 Å². The molecule has 0 radical (unpaired) electrons. The molecule has 0 bridgehead atoms. The van der Waals surface area contributed by atoms with Crippen molar-refractivity contribution in [1.29, 1.82) is 0 Å². The van der Waals surface area contributed by atoms with E-state index in [-0.39, 0.29) is 18.1 Å². The van der Waals surface area contributed by atoms with E-state index in [1.165, 1.54) is 40.2 Å². The van der Waals surface area contributed by atoms with Gasteiger partial charge in [-0.2, -0.15) is 9.78 Å². The lowest BCUT2D eigenvalue weighted by Gasteiger charge is -2.35. The van der Waals surface area contributed by atoms with Crippen molar-refractivity contribution in [3.8, 4) is 5.82 Å². The predicted octanol–water partition coefficient (Wildman–Crippen LogP) is -0.162. The van der Waals surface area contributed by atoms with Crippen LogP contribution in [0.3, 0.4) is 0 Å². The van der Waals surface area contributed by atoms with Crippen LogP contribution in [0.25, 0.3) is 5.82 Å². The van der Waals surface area contributed by atoms with Gasteiger partial charge in [-0.05, 0) is 28.1 Å². The van der Waals surface area contributed by atoms with Gasteiger partial charge < -0.3 is 10.2 Å². The average Bonchev–Trinajstić information content (AvgIpc) is 3.32. The first-order valence-corrected chi connectivity index (χ1v) is 7.76. The molecule has 3 aromatic rings. The van der Waals surface area contributed by atoms with Gasteiger partial charge in [0.2, 0.25) is 5.91 Å². The molecule has 0 aliphatic carbocycles. The highest BCUT2D eigenvalue weighted by Gasteiger charge is 2.35. The van der Waals surface area contributed by atoms with Crippen molar-refractivity contribution in [2.24, 2.45) is 0 Å². The normalized spacial score (nSPS) is 17.2. The summed E-state index contributed by atoms with van der Waals surface area (Å²) in [7, 11) is 0. The van der Waals surface area contributed by atoms with E-state index in [0.717, 1.165) is 0 Å². The van der Waals surface area contributed by atoms with Crippen LogP contribution in [0.1, 0.15) is 22.1 Å². The number of halogens is 1. The summed E-state index contributed by atoms with van der Waals surface area (Å²) >= 11 is 0. The zero-order valence-corrected chi connectivity index (χ0v) is 13.3. The second-order valence-electron chi connectivity index (χ2n) is 5.64. The molecule has 0 spiro atoms. The number of tetrazole rings is 1. The molecule has 1 unspecified atom stereocenters. The summed E-state index contributed by atoms with van der Waals surface area (Å²) in [5.74, 6) is -0.936. The van der Waals surface area contributed by atoms with Gasteiger partial charge in [0.25, 0.3) is 5.91 Å². The first-order valence-electron chi connectivity index (χ1n) is 7.76. The number of carbonyl (C=O) groups is 2. The lowest BCUT2D eigenvalue weighted by Crippen LogP contribution is -2.52. The highest BCUT2D eigenvalue weighted by atomic mass is 19.1. The van der Waals surface area contributed by atoms with E-state index < -0.39 is 17.8 Å². The molecular formula is C15H13FN8O2. The van der Waals surface area contributed by atoms with Crippen molar-refractivity contribution >= 4 is 11.8 Å². The molecule has 2 aromatic heterocycles. The van der Waals surface area contributed by atoms with Crippen LogP contribution < -0.4 is 5.32 Å². The Morgan fingerprint density at radius 3 is 2.96 bits per heavy atom. The number of piperazine rings is 1. The SMILES string of the molecule is O=C1NCCN(C(=O)c2cc(-n3cnnn3)n[nH]2)C1c1cccc(F)c1. The van der Waals surface area contributed by atoms with Crippen LogP contribution >= 0.6 is 0 Å². The van der Waals surface area contributed by atoms with Crippen LogP contribution in [0.15, 0.2) is 36.7 Å². The number of rotatable bonds is 3. The van der Waals surface area contributed by atoms with Gasteiger partial charge in [0.05, 0.1) is 0 Å². The van der Waals surface area contributed by atoms with Gasteiger partial charge in [-0.1, -0.05) is 12.1 Å². The third-order valence-corrected chi connectivity index (χ3v) is 4.02. The van der Waals surface area contributed by atoms with Crippen molar-refractivity contribution in [2.75, 3.05) is 13.1 Å². The number of nitrogens with one attached hydrogen (secondary N) is 2. The Morgan fingerprint density at radius 1 is 1.31 bits per heavy atom. The maximum Gasteiger partial charge on any atom is 0.272 e. The second kappa shape index (κ2) is 6.35.